The number of nitrogens with zero attached hydrogens (tertiary/aromatic N) is 1. The standard InChI is InChI=1S/C13H14N2O2/c1-9(13(14)16)8-17-11-6-10-4-2-3-5-12(10)15-7-11/h2-7,9H,8H2,1H3,(H2,14,16). The third-order valence-corrected chi connectivity index (χ3v) is 2.55. The number of pyridine rings is 1. The molecular formula is C13H14N2O2. The maximum atomic E-state index is 10.9. The number of fused-ring (bicyclic) bond motifs is 1. The van der Waals surface area contributed by atoms with Crippen molar-refractivity contribution >= 4 is 16.8 Å². The summed E-state index contributed by atoms with van der Waals surface area (Å²) in [5.74, 6) is -0.0166. The van der Waals surface area contributed by atoms with Crippen LogP contribution in [0.25, 0.3) is 10.9 Å². The number of hydrogen-bond acceptors (Lipinski definition) is 3. The van der Waals surface area contributed by atoms with Gasteiger partial charge in [0.1, 0.15) is 5.75 Å². The van der Waals surface area contributed by atoms with Crippen LogP contribution in [0.4, 0.5) is 0 Å². The summed E-state index contributed by atoms with van der Waals surface area (Å²) in [5, 5.41) is 1.01. The number of ether oxygens (including phenoxy) is 1. The summed E-state index contributed by atoms with van der Waals surface area (Å²) in [4.78, 5) is 15.1. The molecule has 1 amide bonds. The molecule has 0 aliphatic carbocycles. The predicted molar refractivity (Wildman–Crippen MR) is 65.6 cm³/mol. The molecule has 0 fully saturated rings. The van der Waals surface area contributed by atoms with Crippen LogP contribution in [0.15, 0.2) is 36.5 Å². The average Bonchev–Trinajstić information content (AvgIpc) is 2.35. The molecule has 1 unspecified atom stereocenters. The zero-order chi connectivity index (χ0) is 12.3. The molecule has 4 nitrogen and oxygen atoms in total. The van der Waals surface area contributed by atoms with Crippen molar-refractivity contribution in [3.05, 3.63) is 36.5 Å². The van der Waals surface area contributed by atoms with Gasteiger partial charge >= 0.3 is 0 Å². The summed E-state index contributed by atoms with van der Waals surface area (Å²) in [6.45, 7) is 2.01. The summed E-state index contributed by atoms with van der Waals surface area (Å²) in [7, 11) is 0. The van der Waals surface area contributed by atoms with Gasteiger partial charge in [-0.05, 0) is 12.1 Å². The molecule has 1 aromatic heterocycles. The van der Waals surface area contributed by atoms with Crippen LogP contribution >= 0.6 is 0 Å². The fourth-order valence-electron chi connectivity index (χ4n) is 1.43. The molecule has 2 rings (SSSR count). The van der Waals surface area contributed by atoms with E-state index in [9.17, 15) is 4.79 Å². The summed E-state index contributed by atoms with van der Waals surface area (Å²) >= 11 is 0. The molecule has 0 aliphatic heterocycles. The summed E-state index contributed by atoms with van der Waals surface area (Å²) in [5.41, 5.74) is 6.08. The Morgan fingerprint density at radius 1 is 1.47 bits per heavy atom. The zero-order valence-corrected chi connectivity index (χ0v) is 9.59. The first-order valence-corrected chi connectivity index (χ1v) is 5.44. The second-order valence-corrected chi connectivity index (χ2v) is 3.98. The first kappa shape index (κ1) is 11.4. The molecule has 1 atom stereocenters. The summed E-state index contributed by atoms with van der Waals surface area (Å²) in [6, 6.07) is 9.68. The number of aromatic nitrogens is 1. The largest absolute Gasteiger partial charge is 0.491 e. The Hall–Kier alpha value is -2.10. The highest BCUT2D eigenvalue weighted by atomic mass is 16.5. The molecular weight excluding hydrogens is 216 g/mol. The van der Waals surface area contributed by atoms with Crippen LogP contribution in [0.5, 0.6) is 5.75 Å². The highest BCUT2D eigenvalue weighted by Gasteiger charge is 2.09. The van der Waals surface area contributed by atoms with E-state index in [1.165, 1.54) is 0 Å². The number of benzene rings is 1. The van der Waals surface area contributed by atoms with Crippen molar-refractivity contribution in [3.63, 3.8) is 0 Å². The van der Waals surface area contributed by atoms with Crippen molar-refractivity contribution in [2.45, 2.75) is 6.92 Å². The van der Waals surface area contributed by atoms with Gasteiger partial charge in [-0.2, -0.15) is 0 Å². The summed E-state index contributed by atoms with van der Waals surface area (Å²) in [6.07, 6.45) is 1.65. The van der Waals surface area contributed by atoms with E-state index in [-0.39, 0.29) is 18.4 Å². The van der Waals surface area contributed by atoms with E-state index in [4.69, 9.17) is 10.5 Å². The number of nitrogens with two attached hydrogens (primary N) is 1. The van der Waals surface area contributed by atoms with Gasteiger partial charge in [0.25, 0.3) is 0 Å². The topological polar surface area (TPSA) is 65.2 Å². The summed E-state index contributed by atoms with van der Waals surface area (Å²) < 4.78 is 5.47. The van der Waals surface area contributed by atoms with Crippen molar-refractivity contribution < 1.29 is 9.53 Å². The number of amides is 1. The number of rotatable bonds is 4. The molecule has 2 aromatic rings. The van der Waals surface area contributed by atoms with Crippen molar-refractivity contribution in [3.8, 4) is 5.75 Å². The lowest BCUT2D eigenvalue weighted by molar-refractivity contribution is -0.122. The third kappa shape index (κ3) is 2.72. The number of primary amides is 1. The fourth-order valence-corrected chi connectivity index (χ4v) is 1.43. The van der Waals surface area contributed by atoms with Gasteiger partial charge in [-0.25, -0.2) is 0 Å². The highest BCUT2D eigenvalue weighted by Crippen LogP contribution is 2.18. The first-order valence-electron chi connectivity index (χ1n) is 5.44. The normalized spacial score (nSPS) is 12.3. The number of hydrogen-bond donors (Lipinski definition) is 1. The van der Waals surface area contributed by atoms with Gasteiger partial charge in [0.2, 0.25) is 5.91 Å². The molecule has 0 radical (unpaired) electrons. The van der Waals surface area contributed by atoms with Crippen molar-refractivity contribution in [2.75, 3.05) is 6.61 Å². The Morgan fingerprint density at radius 2 is 2.24 bits per heavy atom. The predicted octanol–water partition coefficient (Wildman–Crippen LogP) is 1.73. The van der Waals surface area contributed by atoms with Crippen LogP contribution in [-0.4, -0.2) is 17.5 Å². The second kappa shape index (κ2) is 4.82. The molecule has 0 spiro atoms. The van der Waals surface area contributed by atoms with E-state index in [0.29, 0.717) is 5.75 Å². The van der Waals surface area contributed by atoms with E-state index >= 15 is 0 Å². The number of carbonyl (C=O) groups excluding carboxylic acids is 1. The van der Waals surface area contributed by atoms with E-state index in [0.717, 1.165) is 10.9 Å². The van der Waals surface area contributed by atoms with Crippen molar-refractivity contribution in [1.29, 1.82) is 0 Å². The lowest BCUT2D eigenvalue weighted by Crippen LogP contribution is -2.25. The van der Waals surface area contributed by atoms with Crippen LogP contribution in [-0.2, 0) is 4.79 Å². The fraction of sp³-hybridized carbons (Fsp3) is 0.231. The Kier molecular flexibility index (Phi) is 3.23. The van der Waals surface area contributed by atoms with Crippen LogP contribution in [0.3, 0.4) is 0 Å². The average molecular weight is 230 g/mol. The maximum Gasteiger partial charge on any atom is 0.223 e. The van der Waals surface area contributed by atoms with Crippen LogP contribution in [0, 0.1) is 5.92 Å². The molecule has 0 saturated heterocycles. The Morgan fingerprint density at radius 3 is 3.00 bits per heavy atom. The molecule has 0 saturated carbocycles. The molecule has 0 bridgehead atoms. The minimum Gasteiger partial charge on any atom is -0.491 e. The SMILES string of the molecule is CC(COc1cnc2ccccc2c1)C(N)=O. The molecule has 1 aromatic carbocycles. The van der Waals surface area contributed by atoms with Gasteiger partial charge in [-0.3, -0.25) is 9.78 Å². The van der Waals surface area contributed by atoms with E-state index < -0.39 is 0 Å². The van der Waals surface area contributed by atoms with Crippen molar-refractivity contribution in [1.82, 2.24) is 4.98 Å². The smallest absolute Gasteiger partial charge is 0.223 e. The van der Waals surface area contributed by atoms with E-state index in [2.05, 4.69) is 4.98 Å². The Balaban J connectivity index is 2.12. The molecule has 0 aliphatic rings. The molecule has 2 N–H and O–H groups in total. The van der Waals surface area contributed by atoms with E-state index in [1.54, 1.807) is 13.1 Å². The molecule has 17 heavy (non-hydrogen) atoms. The van der Waals surface area contributed by atoms with Gasteiger partial charge in [0, 0.05) is 5.39 Å². The maximum absolute atomic E-state index is 10.9. The van der Waals surface area contributed by atoms with Gasteiger partial charge in [-0.1, -0.05) is 25.1 Å². The quantitative estimate of drug-likeness (QED) is 0.870. The van der Waals surface area contributed by atoms with Gasteiger partial charge in [0.15, 0.2) is 0 Å². The van der Waals surface area contributed by atoms with Crippen LogP contribution < -0.4 is 10.5 Å². The lowest BCUT2D eigenvalue weighted by atomic mass is 10.2. The third-order valence-electron chi connectivity index (χ3n) is 2.55. The Bertz CT molecular complexity index is 540. The number of carbonyl (C=O) groups is 1. The minimum atomic E-state index is -0.362. The number of para-hydroxylation sites is 1. The zero-order valence-electron chi connectivity index (χ0n) is 9.59. The highest BCUT2D eigenvalue weighted by molar-refractivity contribution is 5.79. The lowest BCUT2D eigenvalue weighted by Gasteiger charge is -2.10. The monoisotopic (exact) mass is 230 g/mol. The van der Waals surface area contributed by atoms with Crippen LogP contribution in [0.1, 0.15) is 6.92 Å². The molecule has 88 valence electrons. The second-order valence-electron chi connectivity index (χ2n) is 3.98. The minimum absolute atomic E-state index is 0.273. The van der Waals surface area contributed by atoms with Crippen LogP contribution in [0.2, 0.25) is 0 Å². The van der Waals surface area contributed by atoms with Gasteiger partial charge in [0.05, 0.1) is 24.2 Å². The van der Waals surface area contributed by atoms with Crippen molar-refractivity contribution in [2.24, 2.45) is 11.7 Å². The first-order chi connectivity index (χ1) is 8.16. The van der Waals surface area contributed by atoms with Gasteiger partial charge < -0.3 is 10.5 Å². The van der Waals surface area contributed by atoms with Gasteiger partial charge in [-0.15, -0.1) is 0 Å². The molecule has 1 heterocycles. The molecule has 4 heteroatoms. The Labute approximate surface area is 99.4 Å². The van der Waals surface area contributed by atoms with E-state index in [1.807, 2.05) is 30.3 Å².